The van der Waals surface area contributed by atoms with Crippen molar-refractivity contribution in [1.82, 2.24) is 5.32 Å². The number of hydrogen-bond acceptors (Lipinski definition) is 2. The van der Waals surface area contributed by atoms with Gasteiger partial charge in [-0.3, -0.25) is 0 Å². The van der Waals surface area contributed by atoms with E-state index in [9.17, 15) is 9.18 Å². The van der Waals surface area contributed by atoms with Gasteiger partial charge in [0.25, 0.3) is 0 Å². The Morgan fingerprint density at radius 1 is 1.25 bits per heavy atom. The Morgan fingerprint density at radius 2 is 2.00 bits per heavy atom. The van der Waals surface area contributed by atoms with Crippen LogP contribution in [0.3, 0.4) is 0 Å². The molecule has 128 valence electrons. The van der Waals surface area contributed by atoms with Crippen LogP contribution in [-0.2, 0) is 0 Å². The van der Waals surface area contributed by atoms with Gasteiger partial charge in [-0.25, -0.2) is 9.18 Å². The Morgan fingerprint density at radius 3 is 2.67 bits per heavy atom. The summed E-state index contributed by atoms with van der Waals surface area (Å²) in [5, 5.41) is 5.60. The molecule has 0 heterocycles. The van der Waals surface area contributed by atoms with Crippen molar-refractivity contribution >= 4 is 33.3 Å². The molecule has 2 aromatic carbocycles. The van der Waals surface area contributed by atoms with Gasteiger partial charge < -0.3 is 15.5 Å². The van der Waals surface area contributed by atoms with Crippen LogP contribution in [0.4, 0.5) is 20.6 Å². The number of nitrogens with zero attached hydrogens (tertiary/aromatic N) is 1. The molecule has 0 aliphatic carbocycles. The van der Waals surface area contributed by atoms with Crippen LogP contribution in [0.2, 0.25) is 0 Å². The van der Waals surface area contributed by atoms with Crippen molar-refractivity contribution in [2.24, 2.45) is 0 Å². The van der Waals surface area contributed by atoms with Crippen LogP contribution in [0.1, 0.15) is 12.5 Å². The normalized spacial score (nSPS) is 10.3. The van der Waals surface area contributed by atoms with Crippen LogP contribution in [0.25, 0.3) is 0 Å². The van der Waals surface area contributed by atoms with E-state index in [2.05, 4.69) is 26.6 Å². The van der Waals surface area contributed by atoms with Crippen LogP contribution in [-0.4, -0.2) is 25.7 Å². The third-order valence-corrected chi connectivity index (χ3v) is 4.38. The number of likely N-dealkylation sites (N-methyl/N-ethyl adjacent to an activating group) is 1. The minimum atomic E-state index is -0.270. The summed E-state index contributed by atoms with van der Waals surface area (Å²) in [7, 11) is 0. The van der Waals surface area contributed by atoms with Crippen LogP contribution >= 0.6 is 15.9 Å². The number of nitrogens with one attached hydrogen (secondary N) is 2. The van der Waals surface area contributed by atoms with E-state index in [4.69, 9.17) is 0 Å². The second-order valence-electron chi connectivity index (χ2n) is 5.37. The number of urea groups is 1. The van der Waals surface area contributed by atoms with Crippen LogP contribution in [0.15, 0.2) is 46.9 Å². The highest BCUT2D eigenvalue weighted by atomic mass is 79.9. The molecule has 0 aromatic heterocycles. The predicted molar refractivity (Wildman–Crippen MR) is 100 cm³/mol. The first-order chi connectivity index (χ1) is 11.5. The molecule has 4 nitrogen and oxygen atoms in total. The Kier molecular flexibility index (Phi) is 6.61. The molecule has 0 aliphatic heterocycles. The van der Waals surface area contributed by atoms with Gasteiger partial charge in [0.2, 0.25) is 0 Å². The van der Waals surface area contributed by atoms with E-state index in [1.807, 2.05) is 42.2 Å². The first kappa shape index (κ1) is 18.3. The van der Waals surface area contributed by atoms with E-state index >= 15 is 0 Å². The average molecular weight is 394 g/mol. The molecule has 0 atom stereocenters. The molecule has 0 radical (unpaired) electrons. The quantitative estimate of drug-likeness (QED) is 0.756. The Hall–Kier alpha value is -2.08. The number of carbonyl (C=O) groups excluding carboxylic acids is 1. The standard InChI is InChI=1S/C18H21BrFN3O/c1-3-23(14-9-8-13(2)16(20)12-14)11-10-21-18(24)22-17-7-5-4-6-15(17)19/h4-9,12H,3,10-11H2,1-2H3,(H2,21,22,24). The highest BCUT2D eigenvalue weighted by Gasteiger charge is 2.08. The first-order valence-corrected chi connectivity index (χ1v) is 8.61. The predicted octanol–water partition coefficient (Wildman–Crippen LogP) is 4.54. The fraction of sp³-hybridized carbons (Fsp3) is 0.278. The second kappa shape index (κ2) is 8.68. The monoisotopic (exact) mass is 393 g/mol. The van der Waals surface area contributed by atoms with E-state index in [-0.39, 0.29) is 11.8 Å². The first-order valence-electron chi connectivity index (χ1n) is 7.81. The maximum Gasteiger partial charge on any atom is 0.319 e. The van der Waals surface area contributed by atoms with Gasteiger partial charge >= 0.3 is 6.03 Å². The zero-order chi connectivity index (χ0) is 17.5. The third-order valence-electron chi connectivity index (χ3n) is 3.69. The van der Waals surface area contributed by atoms with E-state index < -0.39 is 0 Å². The van der Waals surface area contributed by atoms with Gasteiger partial charge in [-0.2, -0.15) is 0 Å². The summed E-state index contributed by atoms with van der Waals surface area (Å²) in [5.74, 6) is -0.217. The van der Waals surface area contributed by atoms with Crippen molar-refractivity contribution in [2.45, 2.75) is 13.8 Å². The molecular weight excluding hydrogens is 373 g/mol. The number of hydrogen-bond donors (Lipinski definition) is 2. The van der Waals surface area contributed by atoms with E-state index in [0.29, 0.717) is 24.3 Å². The van der Waals surface area contributed by atoms with Crippen molar-refractivity contribution in [3.05, 3.63) is 58.3 Å². The lowest BCUT2D eigenvalue weighted by Gasteiger charge is -2.23. The zero-order valence-corrected chi connectivity index (χ0v) is 15.4. The Bertz CT molecular complexity index is 708. The molecule has 2 aromatic rings. The van der Waals surface area contributed by atoms with Gasteiger partial charge in [-0.1, -0.05) is 18.2 Å². The van der Waals surface area contributed by atoms with Gasteiger partial charge in [0.15, 0.2) is 0 Å². The molecule has 2 rings (SSSR count). The molecule has 2 N–H and O–H groups in total. The molecule has 0 spiro atoms. The second-order valence-corrected chi connectivity index (χ2v) is 6.23. The molecule has 0 bridgehead atoms. The van der Waals surface area contributed by atoms with Crippen molar-refractivity contribution in [3.8, 4) is 0 Å². The number of para-hydroxylation sites is 1. The van der Waals surface area contributed by atoms with Gasteiger partial charge in [-0.05, 0) is 59.6 Å². The van der Waals surface area contributed by atoms with Gasteiger partial charge in [0.05, 0.1) is 5.69 Å². The summed E-state index contributed by atoms with van der Waals surface area (Å²) >= 11 is 3.38. The largest absolute Gasteiger partial charge is 0.370 e. The van der Waals surface area contributed by atoms with Crippen molar-refractivity contribution in [3.63, 3.8) is 0 Å². The fourth-order valence-electron chi connectivity index (χ4n) is 2.28. The number of halogens is 2. The van der Waals surface area contributed by atoms with Crippen LogP contribution in [0.5, 0.6) is 0 Å². The van der Waals surface area contributed by atoms with Gasteiger partial charge in [0.1, 0.15) is 5.82 Å². The maximum absolute atomic E-state index is 13.7. The number of anilines is 2. The zero-order valence-electron chi connectivity index (χ0n) is 13.8. The molecule has 0 unspecified atom stereocenters. The molecule has 0 fully saturated rings. The number of carbonyl (C=O) groups is 1. The molecule has 0 saturated carbocycles. The minimum absolute atomic E-state index is 0.217. The van der Waals surface area contributed by atoms with Crippen LogP contribution < -0.4 is 15.5 Å². The molecule has 0 aliphatic rings. The minimum Gasteiger partial charge on any atom is -0.370 e. The number of benzene rings is 2. The van der Waals surface area contributed by atoms with Crippen LogP contribution in [0, 0.1) is 12.7 Å². The topological polar surface area (TPSA) is 44.4 Å². The Labute approximate surface area is 150 Å². The van der Waals surface area contributed by atoms with Crippen molar-refractivity contribution in [2.75, 3.05) is 29.9 Å². The molecule has 2 amide bonds. The SMILES string of the molecule is CCN(CCNC(=O)Nc1ccccc1Br)c1ccc(C)c(F)c1. The summed E-state index contributed by atoms with van der Waals surface area (Å²) < 4.78 is 14.5. The highest BCUT2D eigenvalue weighted by Crippen LogP contribution is 2.21. The number of aryl methyl sites for hydroxylation is 1. The lowest BCUT2D eigenvalue weighted by atomic mass is 10.2. The molecule has 6 heteroatoms. The van der Waals surface area contributed by atoms with Crippen molar-refractivity contribution in [1.29, 1.82) is 0 Å². The van der Waals surface area contributed by atoms with Gasteiger partial charge in [-0.15, -0.1) is 0 Å². The van der Waals surface area contributed by atoms with E-state index in [0.717, 1.165) is 16.7 Å². The van der Waals surface area contributed by atoms with E-state index in [1.165, 1.54) is 6.07 Å². The maximum atomic E-state index is 13.7. The molecular formula is C18H21BrFN3O. The summed E-state index contributed by atoms with van der Waals surface area (Å²) in [6, 6.07) is 12.3. The number of rotatable bonds is 6. The summed E-state index contributed by atoms with van der Waals surface area (Å²) in [6.07, 6.45) is 0. The summed E-state index contributed by atoms with van der Waals surface area (Å²) in [6.45, 7) is 5.53. The lowest BCUT2D eigenvalue weighted by Crippen LogP contribution is -2.37. The lowest BCUT2D eigenvalue weighted by molar-refractivity contribution is 0.252. The average Bonchev–Trinajstić information content (AvgIpc) is 2.56. The van der Waals surface area contributed by atoms with Crippen molar-refractivity contribution < 1.29 is 9.18 Å². The highest BCUT2D eigenvalue weighted by molar-refractivity contribution is 9.10. The smallest absolute Gasteiger partial charge is 0.319 e. The number of amides is 2. The molecule has 0 saturated heterocycles. The molecule has 24 heavy (non-hydrogen) atoms. The van der Waals surface area contributed by atoms with E-state index in [1.54, 1.807) is 13.0 Å². The fourth-order valence-corrected chi connectivity index (χ4v) is 2.67. The summed E-state index contributed by atoms with van der Waals surface area (Å²) in [4.78, 5) is 14.0. The third kappa shape index (κ3) is 4.96. The Balaban J connectivity index is 1.86. The summed E-state index contributed by atoms with van der Waals surface area (Å²) in [5.41, 5.74) is 2.15. The van der Waals surface area contributed by atoms with Gasteiger partial charge in [0, 0.05) is 29.8 Å².